The van der Waals surface area contributed by atoms with Crippen LogP contribution in [0, 0.1) is 5.82 Å². The highest BCUT2D eigenvalue weighted by Crippen LogP contribution is 2.17. The first kappa shape index (κ1) is 11.3. The number of nitrogens with zero attached hydrogens (tertiary/aromatic N) is 2. The summed E-state index contributed by atoms with van der Waals surface area (Å²) >= 11 is 0. The molecule has 6 nitrogen and oxygen atoms in total. The van der Waals surface area contributed by atoms with Gasteiger partial charge in [0, 0.05) is 5.56 Å². The van der Waals surface area contributed by atoms with Crippen LogP contribution in [-0.2, 0) is 0 Å². The Bertz CT molecular complexity index is 867. The highest BCUT2D eigenvalue weighted by Gasteiger charge is 2.06. The Morgan fingerprint density at radius 1 is 1.00 bits per heavy atom. The number of halogens is 1. The van der Waals surface area contributed by atoms with Gasteiger partial charge in [0.25, 0.3) is 5.56 Å². The van der Waals surface area contributed by atoms with Gasteiger partial charge in [-0.2, -0.15) is 0 Å². The van der Waals surface area contributed by atoms with E-state index in [0.717, 1.165) is 0 Å². The summed E-state index contributed by atoms with van der Waals surface area (Å²) < 4.78 is 12.8. The van der Waals surface area contributed by atoms with E-state index in [9.17, 15) is 14.0 Å². The van der Waals surface area contributed by atoms with Crippen molar-refractivity contribution in [3.8, 4) is 11.3 Å². The number of hydrogen-bond donors (Lipinski definition) is 2. The van der Waals surface area contributed by atoms with E-state index in [2.05, 4.69) is 20.2 Å². The third-order valence-electron chi connectivity index (χ3n) is 2.64. The van der Waals surface area contributed by atoms with E-state index >= 15 is 0 Å². The van der Waals surface area contributed by atoms with E-state index in [0.29, 0.717) is 11.3 Å². The van der Waals surface area contributed by atoms with Crippen LogP contribution in [0.15, 0.2) is 39.9 Å². The van der Waals surface area contributed by atoms with Gasteiger partial charge in [0.1, 0.15) is 5.82 Å². The highest BCUT2D eigenvalue weighted by atomic mass is 19.1. The second kappa shape index (κ2) is 4.13. The van der Waals surface area contributed by atoms with Crippen molar-refractivity contribution < 1.29 is 4.39 Å². The molecule has 0 amide bonds. The number of aromatic amines is 2. The number of benzene rings is 1. The van der Waals surface area contributed by atoms with Crippen LogP contribution < -0.4 is 11.2 Å². The van der Waals surface area contributed by atoms with Gasteiger partial charge in [-0.1, -0.05) is 0 Å². The van der Waals surface area contributed by atoms with Crippen molar-refractivity contribution >= 4 is 11.0 Å². The average molecular weight is 258 g/mol. The molecule has 94 valence electrons. The van der Waals surface area contributed by atoms with Crippen LogP contribution in [0.25, 0.3) is 22.3 Å². The van der Waals surface area contributed by atoms with E-state index in [1.54, 1.807) is 0 Å². The zero-order chi connectivity index (χ0) is 13.4. The van der Waals surface area contributed by atoms with Crippen LogP contribution in [0.5, 0.6) is 0 Å². The molecule has 19 heavy (non-hydrogen) atoms. The van der Waals surface area contributed by atoms with Gasteiger partial charge in [0.05, 0.1) is 11.1 Å². The maximum absolute atomic E-state index is 12.8. The summed E-state index contributed by atoms with van der Waals surface area (Å²) in [5.74, 6) is -0.361. The predicted octanol–water partition coefficient (Wildman–Crippen LogP) is 0.812. The van der Waals surface area contributed by atoms with Crippen molar-refractivity contribution in [2.45, 2.75) is 0 Å². The molecule has 0 fully saturated rings. The zero-order valence-corrected chi connectivity index (χ0v) is 9.48. The highest BCUT2D eigenvalue weighted by molar-refractivity contribution is 5.77. The molecule has 2 aromatic heterocycles. The summed E-state index contributed by atoms with van der Waals surface area (Å²) in [6.07, 6.45) is 0. The van der Waals surface area contributed by atoms with Crippen LogP contribution in [0.1, 0.15) is 0 Å². The zero-order valence-electron chi connectivity index (χ0n) is 9.48. The molecule has 0 aliphatic rings. The van der Waals surface area contributed by atoms with Gasteiger partial charge in [-0.15, -0.1) is 10.2 Å². The van der Waals surface area contributed by atoms with Crippen LogP contribution in [0.2, 0.25) is 0 Å². The fourth-order valence-electron chi connectivity index (χ4n) is 1.73. The molecule has 1 aromatic carbocycles. The number of fused-ring (bicyclic) bond motifs is 1. The average Bonchev–Trinajstić information content (AvgIpc) is 2.39. The lowest BCUT2D eigenvalue weighted by Crippen LogP contribution is -2.22. The fourth-order valence-corrected chi connectivity index (χ4v) is 1.73. The minimum Gasteiger partial charge on any atom is -0.290 e. The first-order valence-corrected chi connectivity index (χ1v) is 5.39. The van der Waals surface area contributed by atoms with Gasteiger partial charge in [0.15, 0.2) is 5.65 Å². The molecule has 2 N–H and O–H groups in total. The minimum atomic E-state index is -0.638. The molecule has 0 bridgehead atoms. The summed E-state index contributed by atoms with van der Waals surface area (Å²) in [6, 6.07) is 7.14. The first-order valence-electron chi connectivity index (χ1n) is 5.39. The molecule has 0 aliphatic heterocycles. The summed E-state index contributed by atoms with van der Waals surface area (Å²) in [7, 11) is 0. The second-order valence-electron chi connectivity index (χ2n) is 3.91. The van der Waals surface area contributed by atoms with Crippen molar-refractivity contribution in [3.05, 3.63) is 57.0 Å². The van der Waals surface area contributed by atoms with Gasteiger partial charge >= 0.3 is 5.69 Å². The van der Waals surface area contributed by atoms with Crippen LogP contribution in [0.4, 0.5) is 4.39 Å². The number of hydrogen-bond acceptors (Lipinski definition) is 4. The minimum absolute atomic E-state index is 0.111. The summed E-state index contributed by atoms with van der Waals surface area (Å²) in [6.45, 7) is 0. The van der Waals surface area contributed by atoms with Gasteiger partial charge in [-0.25, -0.2) is 9.18 Å². The van der Waals surface area contributed by atoms with Gasteiger partial charge in [-0.05, 0) is 30.3 Å². The van der Waals surface area contributed by atoms with E-state index in [4.69, 9.17) is 0 Å². The topological polar surface area (TPSA) is 91.5 Å². The van der Waals surface area contributed by atoms with E-state index in [-0.39, 0.29) is 16.9 Å². The van der Waals surface area contributed by atoms with Gasteiger partial charge < -0.3 is 0 Å². The Hall–Kier alpha value is -2.83. The smallest absolute Gasteiger partial charge is 0.290 e. The third kappa shape index (κ3) is 2.01. The fraction of sp³-hybridized carbons (Fsp3) is 0. The number of H-pyrrole nitrogens is 2. The van der Waals surface area contributed by atoms with Crippen molar-refractivity contribution in [2.75, 3.05) is 0 Å². The quantitative estimate of drug-likeness (QED) is 0.675. The van der Waals surface area contributed by atoms with Gasteiger partial charge in [0.2, 0.25) is 0 Å². The lowest BCUT2D eigenvalue weighted by atomic mass is 10.1. The summed E-state index contributed by atoms with van der Waals surface area (Å²) in [4.78, 5) is 27.2. The number of nitrogens with one attached hydrogen (secondary N) is 2. The normalized spacial score (nSPS) is 10.8. The Labute approximate surface area is 105 Å². The number of rotatable bonds is 1. The lowest BCUT2D eigenvalue weighted by Gasteiger charge is -2.01. The predicted molar refractivity (Wildman–Crippen MR) is 66.2 cm³/mol. The number of aromatic nitrogens is 4. The molecule has 0 unspecified atom stereocenters. The van der Waals surface area contributed by atoms with E-state index in [1.165, 1.54) is 30.3 Å². The molecule has 0 aliphatic carbocycles. The van der Waals surface area contributed by atoms with Crippen molar-refractivity contribution in [1.29, 1.82) is 0 Å². The van der Waals surface area contributed by atoms with E-state index < -0.39 is 11.2 Å². The molecular formula is C12H7FN4O2. The lowest BCUT2D eigenvalue weighted by molar-refractivity contribution is 0.628. The molecule has 0 saturated heterocycles. The molecule has 0 spiro atoms. The summed E-state index contributed by atoms with van der Waals surface area (Å²) in [5.41, 5.74) is -0.0237. The molecular weight excluding hydrogens is 251 g/mol. The van der Waals surface area contributed by atoms with Crippen molar-refractivity contribution in [3.63, 3.8) is 0 Å². The van der Waals surface area contributed by atoms with Crippen LogP contribution in [0.3, 0.4) is 0 Å². The largest absolute Gasteiger partial charge is 0.327 e. The Kier molecular flexibility index (Phi) is 2.45. The third-order valence-corrected chi connectivity index (χ3v) is 2.64. The van der Waals surface area contributed by atoms with Crippen LogP contribution >= 0.6 is 0 Å². The molecule has 0 atom stereocenters. The maximum atomic E-state index is 12.8. The molecule has 0 radical (unpaired) electrons. The Morgan fingerprint density at radius 3 is 2.47 bits per heavy atom. The van der Waals surface area contributed by atoms with E-state index in [1.807, 2.05) is 0 Å². The maximum Gasteiger partial charge on any atom is 0.327 e. The standard InChI is InChI=1S/C12H7FN4O2/c13-7-3-1-6(2-4-7)9-5-8-10(17-16-9)14-12(19)15-11(8)18/h1-5H,(H2,14,15,17,18,19). The SMILES string of the molecule is O=c1[nH]c(=O)c2cc(-c3ccc(F)cc3)nnc2[nH]1. The Balaban J connectivity index is 2.24. The second-order valence-corrected chi connectivity index (χ2v) is 3.91. The monoisotopic (exact) mass is 258 g/mol. The first-order chi connectivity index (χ1) is 9.13. The summed E-state index contributed by atoms with van der Waals surface area (Å²) in [5, 5.41) is 7.89. The van der Waals surface area contributed by atoms with Crippen molar-refractivity contribution in [2.24, 2.45) is 0 Å². The Morgan fingerprint density at radius 2 is 1.74 bits per heavy atom. The molecule has 0 saturated carbocycles. The molecule has 2 heterocycles. The van der Waals surface area contributed by atoms with Gasteiger partial charge in [-0.3, -0.25) is 14.8 Å². The van der Waals surface area contributed by atoms with Crippen molar-refractivity contribution in [1.82, 2.24) is 20.2 Å². The van der Waals surface area contributed by atoms with Crippen LogP contribution in [-0.4, -0.2) is 20.2 Å². The molecule has 7 heteroatoms. The molecule has 3 rings (SSSR count). The molecule has 3 aromatic rings.